The van der Waals surface area contributed by atoms with E-state index in [1.165, 1.54) is 11.1 Å². The number of nitrogens with one attached hydrogen (secondary N) is 1. The van der Waals surface area contributed by atoms with Crippen molar-refractivity contribution in [2.24, 2.45) is 0 Å². The van der Waals surface area contributed by atoms with Gasteiger partial charge in [0, 0.05) is 5.69 Å². The van der Waals surface area contributed by atoms with Crippen LogP contribution >= 0.6 is 0 Å². The maximum Gasteiger partial charge on any atom is 0.246 e. The lowest BCUT2D eigenvalue weighted by atomic mass is 10.1. The first kappa shape index (κ1) is 12.5. The summed E-state index contributed by atoms with van der Waals surface area (Å²) in [7, 11) is 0. The molecule has 0 saturated heterocycles. The molecule has 0 radical (unpaired) electrons. The Kier molecular flexibility index (Phi) is 3.25. The number of nitrogens with zero attached hydrogens (tertiary/aromatic N) is 2. The predicted octanol–water partition coefficient (Wildman–Crippen LogP) is 3.56. The fourth-order valence-corrected chi connectivity index (χ4v) is 2.09. The maximum absolute atomic E-state index is 5.23. The molecule has 3 aromatic rings. The maximum atomic E-state index is 5.23. The van der Waals surface area contributed by atoms with Crippen LogP contribution < -0.4 is 5.32 Å². The van der Waals surface area contributed by atoms with Gasteiger partial charge in [-0.15, -0.1) is 0 Å². The molecule has 20 heavy (non-hydrogen) atoms. The van der Waals surface area contributed by atoms with E-state index in [2.05, 4.69) is 41.4 Å². The van der Waals surface area contributed by atoms with Crippen LogP contribution in [0.1, 0.15) is 17.0 Å². The highest BCUT2D eigenvalue weighted by Gasteiger charge is 2.11. The lowest BCUT2D eigenvalue weighted by Crippen LogP contribution is -2.03. The molecule has 2 heterocycles. The number of furan rings is 1. The lowest BCUT2D eigenvalue weighted by molar-refractivity contribution is 0.382. The van der Waals surface area contributed by atoms with Crippen molar-refractivity contribution in [2.45, 2.75) is 20.4 Å². The van der Waals surface area contributed by atoms with Gasteiger partial charge in [0.25, 0.3) is 0 Å². The molecule has 1 aromatic carbocycles. The molecule has 0 spiro atoms. The summed E-state index contributed by atoms with van der Waals surface area (Å²) >= 11 is 0. The minimum atomic E-state index is 0.466. The fraction of sp³-hybridized carbons (Fsp3) is 0.200. The van der Waals surface area contributed by atoms with Crippen LogP contribution in [0.4, 0.5) is 5.69 Å². The minimum Gasteiger partial charge on any atom is -0.461 e. The summed E-state index contributed by atoms with van der Waals surface area (Å²) in [6.45, 7) is 4.62. The van der Waals surface area contributed by atoms with E-state index < -0.39 is 0 Å². The highest BCUT2D eigenvalue weighted by molar-refractivity contribution is 5.56. The summed E-state index contributed by atoms with van der Waals surface area (Å²) in [6.07, 6.45) is 1.58. The first-order chi connectivity index (χ1) is 9.74. The standard InChI is InChI=1S/C15H15N3O2/c1-10-5-3-6-11(2)14(10)16-9-13-17-15(18-20-13)12-7-4-8-19-12/h3-8,16H,9H2,1-2H3. The van der Waals surface area contributed by atoms with E-state index in [4.69, 9.17) is 8.94 Å². The summed E-state index contributed by atoms with van der Waals surface area (Å²) in [6, 6.07) is 9.76. The van der Waals surface area contributed by atoms with Crippen LogP contribution in [-0.4, -0.2) is 10.1 Å². The van der Waals surface area contributed by atoms with Crippen molar-refractivity contribution in [3.8, 4) is 11.6 Å². The number of rotatable bonds is 4. The third-order valence-electron chi connectivity index (χ3n) is 3.11. The monoisotopic (exact) mass is 269 g/mol. The molecule has 1 N–H and O–H groups in total. The van der Waals surface area contributed by atoms with E-state index >= 15 is 0 Å². The van der Waals surface area contributed by atoms with Crippen molar-refractivity contribution in [3.63, 3.8) is 0 Å². The Labute approximate surface area is 116 Å². The SMILES string of the molecule is Cc1cccc(C)c1NCc1nc(-c2ccco2)no1. The van der Waals surface area contributed by atoms with Gasteiger partial charge in [0.05, 0.1) is 12.8 Å². The van der Waals surface area contributed by atoms with Gasteiger partial charge in [-0.25, -0.2) is 0 Å². The topological polar surface area (TPSA) is 64.1 Å². The quantitative estimate of drug-likeness (QED) is 0.784. The molecule has 0 fully saturated rings. The molecule has 0 saturated carbocycles. The number of aryl methyl sites for hydroxylation is 2. The van der Waals surface area contributed by atoms with Gasteiger partial charge >= 0.3 is 0 Å². The molecule has 5 heteroatoms. The number of benzene rings is 1. The number of anilines is 1. The Morgan fingerprint density at radius 2 is 1.90 bits per heavy atom. The Morgan fingerprint density at radius 3 is 2.60 bits per heavy atom. The second kappa shape index (κ2) is 5.21. The van der Waals surface area contributed by atoms with Crippen molar-refractivity contribution < 1.29 is 8.94 Å². The van der Waals surface area contributed by atoms with Crippen molar-refractivity contribution in [1.29, 1.82) is 0 Å². The van der Waals surface area contributed by atoms with Crippen LogP contribution in [0.25, 0.3) is 11.6 Å². The molecule has 2 aromatic heterocycles. The zero-order valence-electron chi connectivity index (χ0n) is 11.4. The van der Waals surface area contributed by atoms with Gasteiger partial charge in [0.15, 0.2) is 5.76 Å². The molecule has 0 bridgehead atoms. The Bertz CT molecular complexity index is 681. The number of para-hydroxylation sites is 1. The second-order valence-electron chi connectivity index (χ2n) is 4.61. The van der Waals surface area contributed by atoms with E-state index in [9.17, 15) is 0 Å². The van der Waals surface area contributed by atoms with Crippen LogP contribution in [0.15, 0.2) is 45.5 Å². The van der Waals surface area contributed by atoms with Gasteiger partial charge < -0.3 is 14.3 Å². The molecule has 0 atom stereocenters. The zero-order chi connectivity index (χ0) is 13.9. The summed E-state index contributed by atoms with van der Waals surface area (Å²) in [5, 5.41) is 7.23. The second-order valence-corrected chi connectivity index (χ2v) is 4.61. The smallest absolute Gasteiger partial charge is 0.246 e. The van der Waals surface area contributed by atoms with Gasteiger partial charge in [0.2, 0.25) is 11.7 Å². The normalized spacial score (nSPS) is 10.7. The Morgan fingerprint density at radius 1 is 1.10 bits per heavy atom. The predicted molar refractivity (Wildman–Crippen MR) is 75.2 cm³/mol. The summed E-state index contributed by atoms with van der Waals surface area (Å²) in [5.74, 6) is 1.60. The fourth-order valence-electron chi connectivity index (χ4n) is 2.09. The molecule has 0 unspecified atom stereocenters. The van der Waals surface area contributed by atoms with E-state index in [-0.39, 0.29) is 0 Å². The first-order valence-electron chi connectivity index (χ1n) is 6.40. The molecule has 0 aliphatic carbocycles. The molecule has 0 aliphatic rings. The molecule has 0 aliphatic heterocycles. The molecule has 0 amide bonds. The third kappa shape index (κ3) is 2.42. The van der Waals surface area contributed by atoms with E-state index in [1.807, 2.05) is 6.07 Å². The van der Waals surface area contributed by atoms with Gasteiger partial charge in [-0.3, -0.25) is 0 Å². The van der Waals surface area contributed by atoms with Crippen LogP contribution in [0.2, 0.25) is 0 Å². The van der Waals surface area contributed by atoms with Gasteiger partial charge in [-0.2, -0.15) is 4.98 Å². The highest BCUT2D eigenvalue weighted by atomic mass is 16.5. The molecule has 5 nitrogen and oxygen atoms in total. The lowest BCUT2D eigenvalue weighted by Gasteiger charge is -2.10. The molecule has 3 rings (SSSR count). The van der Waals surface area contributed by atoms with E-state index in [0.29, 0.717) is 24.0 Å². The number of hydrogen-bond donors (Lipinski definition) is 1. The summed E-state index contributed by atoms with van der Waals surface area (Å²) in [5.41, 5.74) is 3.48. The molecular weight excluding hydrogens is 254 g/mol. The van der Waals surface area contributed by atoms with Crippen LogP contribution in [0.5, 0.6) is 0 Å². The largest absolute Gasteiger partial charge is 0.461 e. The van der Waals surface area contributed by atoms with Gasteiger partial charge in [0.1, 0.15) is 0 Å². The average molecular weight is 269 g/mol. The van der Waals surface area contributed by atoms with Crippen molar-refractivity contribution in [3.05, 3.63) is 53.6 Å². The van der Waals surface area contributed by atoms with Gasteiger partial charge in [-0.1, -0.05) is 23.4 Å². The van der Waals surface area contributed by atoms with E-state index in [1.54, 1.807) is 18.4 Å². The first-order valence-corrected chi connectivity index (χ1v) is 6.40. The van der Waals surface area contributed by atoms with Crippen molar-refractivity contribution >= 4 is 5.69 Å². The average Bonchev–Trinajstić information content (AvgIpc) is 3.09. The zero-order valence-corrected chi connectivity index (χ0v) is 11.4. The minimum absolute atomic E-state index is 0.466. The highest BCUT2D eigenvalue weighted by Crippen LogP contribution is 2.21. The van der Waals surface area contributed by atoms with Gasteiger partial charge in [-0.05, 0) is 37.1 Å². The van der Waals surface area contributed by atoms with Crippen LogP contribution in [0, 0.1) is 13.8 Å². The van der Waals surface area contributed by atoms with Crippen LogP contribution in [0.3, 0.4) is 0 Å². The number of aromatic nitrogens is 2. The van der Waals surface area contributed by atoms with E-state index in [0.717, 1.165) is 5.69 Å². The molecular formula is C15H15N3O2. The summed E-state index contributed by atoms with van der Waals surface area (Å²) in [4.78, 5) is 4.29. The summed E-state index contributed by atoms with van der Waals surface area (Å²) < 4.78 is 10.4. The Balaban J connectivity index is 1.73. The third-order valence-corrected chi connectivity index (χ3v) is 3.11. The van der Waals surface area contributed by atoms with Crippen molar-refractivity contribution in [1.82, 2.24) is 10.1 Å². The number of hydrogen-bond acceptors (Lipinski definition) is 5. The van der Waals surface area contributed by atoms with Crippen LogP contribution in [-0.2, 0) is 6.54 Å². The van der Waals surface area contributed by atoms with Crippen molar-refractivity contribution in [2.75, 3.05) is 5.32 Å². The Hall–Kier alpha value is -2.56. The molecule has 102 valence electrons.